The molecule has 3 rings (SSSR count). The summed E-state index contributed by atoms with van der Waals surface area (Å²) in [5, 5.41) is 0. The van der Waals surface area contributed by atoms with Gasteiger partial charge in [-0.25, -0.2) is 0 Å². The van der Waals surface area contributed by atoms with Gasteiger partial charge in [0.15, 0.2) is 0 Å². The molecule has 0 unspecified atom stereocenters. The number of hydrogen-bond donors (Lipinski definition) is 0. The summed E-state index contributed by atoms with van der Waals surface area (Å²) in [5.41, 5.74) is 11.9. The monoisotopic (exact) mass is 327 g/mol. The van der Waals surface area contributed by atoms with Crippen LogP contribution in [0.15, 0.2) is 48.5 Å². The van der Waals surface area contributed by atoms with Crippen molar-refractivity contribution >= 4 is 0 Å². The molecule has 0 aromatic heterocycles. The van der Waals surface area contributed by atoms with Crippen molar-refractivity contribution in [3.8, 4) is 22.3 Å². The highest BCUT2D eigenvalue weighted by atomic mass is 14.2. The molecule has 0 saturated carbocycles. The Morgan fingerprint density at radius 2 is 1.12 bits per heavy atom. The van der Waals surface area contributed by atoms with Crippen LogP contribution >= 0.6 is 0 Å². The van der Waals surface area contributed by atoms with Crippen LogP contribution < -0.4 is 0 Å². The first kappa shape index (κ1) is 17.5. The Kier molecular flexibility index (Phi) is 4.81. The second-order valence-corrected chi connectivity index (χ2v) is 7.37. The first-order valence-electron chi connectivity index (χ1n) is 9.09. The van der Waals surface area contributed by atoms with Crippen LogP contribution in [0.2, 0.25) is 0 Å². The van der Waals surface area contributed by atoms with Crippen molar-refractivity contribution < 1.29 is 0 Å². The van der Waals surface area contributed by atoms with Gasteiger partial charge >= 0.3 is 0 Å². The van der Waals surface area contributed by atoms with Crippen molar-refractivity contribution in [1.82, 2.24) is 0 Å². The van der Waals surface area contributed by atoms with Gasteiger partial charge < -0.3 is 0 Å². The van der Waals surface area contributed by atoms with Gasteiger partial charge in [0.05, 0.1) is 0 Å². The molecule has 0 bridgehead atoms. The summed E-state index contributed by atoms with van der Waals surface area (Å²) in [6.45, 7) is 13.4. The molecule has 0 N–H and O–H groups in total. The van der Waals surface area contributed by atoms with Gasteiger partial charge in [0.25, 0.3) is 0 Å². The predicted octanol–water partition coefficient (Wildman–Crippen LogP) is 7.18. The van der Waals surface area contributed by atoms with Crippen molar-refractivity contribution in [2.45, 2.75) is 47.5 Å². The fourth-order valence-corrected chi connectivity index (χ4v) is 3.88. The minimum atomic E-state index is 0.465. The van der Waals surface area contributed by atoms with Crippen molar-refractivity contribution in [2.24, 2.45) is 0 Å². The van der Waals surface area contributed by atoms with Gasteiger partial charge in [0, 0.05) is 0 Å². The Bertz CT molecular complexity index is 873. The van der Waals surface area contributed by atoms with Gasteiger partial charge in [-0.1, -0.05) is 62.4 Å². The molecule has 0 atom stereocenters. The topological polar surface area (TPSA) is 0 Å². The Labute approximate surface area is 152 Å². The molecule has 0 fully saturated rings. The van der Waals surface area contributed by atoms with Crippen molar-refractivity contribution in [3.63, 3.8) is 0 Å². The largest absolute Gasteiger partial charge is 0.0617 e. The lowest BCUT2D eigenvalue weighted by Crippen LogP contribution is -2.00. The number of rotatable bonds is 3. The van der Waals surface area contributed by atoms with E-state index in [4.69, 9.17) is 0 Å². The maximum Gasteiger partial charge on any atom is -0.00182 e. The van der Waals surface area contributed by atoms with Crippen LogP contribution in [0.3, 0.4) is 0 Å². The maximum absolute atomic E-state index is 3.58. The Morgan fingerprint density at radius 3 is 1.60 bits per heavy atom. The third-order valence-electron chi connectivity index (χ3n) is 5.11. The Hall–Kier alpha value is -2.34. The summed E-state index contributed by atoms with van der Waals surface area (Å²) in [7, 11) is 0. The standard InChI is InChI=1S/C25H27/c1-16(2)21-14-9-15-22(23-17(3)10-7-11-18(23)4)25(21)24-19(5)12-8-13-20(24)6/h7-14,16H,1-6H3. The number of benzene rings is 3. The van der Waals surface area contributed by atoms with Crippen molar-refractivity contribution in [3.05, 3.63) is 82.4 Å². The molecule has 0 heterocycles. The fraction of sp³-hybridized carbons (Fsp3) is 0.280. The van der Waals surface area contributed by atoms with E-state index in [0.29, 0.717) is 5.92 Å². The van der Waals surface area contributed by atoms with Crippen LogP contribution in [0.1, 0.15) is 47.6 Å². The third kappa shape index (κ3) is 3.14. The normalized spacial score (nSPS) is 11.2. The fourth-order valence-electron chi connectivity index (χ4n) is 3.88. The van der Waals surface area contributed by atoms with Gasteiger partial charge in [-0.05, 0) is 89.8 Å². The molecule has 0 aliphatic carbocycles. The highest BCUT2D eigenvalue weighted by molar-refractivity contribution is 5.90. The smallest absolute Gasteiger partial charge is 0.00182 e. The summed E-state index contributed by atoms with van der Waals surface area (Å²) in [6.07, 6.45) is 0. The SMILES string of the molecule is Cc1cccc(C)c1-c1[c]ccc(C(C)C)c1-c1c(C)cccc1C. The van der Waals surface area contributed by atoms with Crippen LogP contribution in [0.4, 0.5) is 0 Å². The van der Waals surface area contributed by atoms with Gasteiger partial charge in [-0.2, -0.15) is 0 Å². The summed E-state index contributed by atoms with van der Waals surface area (Å²) in [5.74, 6) is 0.465. The molecule has 0 saturated heterocycles. The zero-order chi connectivity index (χ0) is 18.1. The molecule has 25 heavy (non-hydrogen) atoms. The van der Waals surface area contributed by atoms with Crippen LogP contribution in [0.25, 0.3) is 22.3 Å². The third-order valence-corrected chi connectivity index (χ3v) is 5.11. The molecular formula is C25H27. The molecule has 1 radical (unpaired) electrons. The summed E-state index contributed by atoms with van der Waals surface area (Å²) < 4.78 is 0. The second-order valence-electron chi connectivity index (χ2n) is 7.37. The average molecular weight is 327 g/mol. The van der Waals surface area contributed by atoms with E-state index < -0.39 is 0 Å². The lowest BCUT2D eigenvalue weighted by atomic mass is 9.81. The molecule has 3 aromatic rings. The van der Waals surface area contributed by atoms with Crippen LogP contribution in [-0.4, -0.2) is 0 Å². The van der Waals surface area contributed by atoms with E-state index >= 15 is 0 Å². The van der Waals surface area contributed by atoms with Crippen LogP contribution in [0, 0.1) is 33.8 Å². The van der Waals surface area contributed by atoms with Crippen LogP contribution in [0.5, 0.6) is 0 Å². The average Bonchev–Trinajstić information content (AvgIpc) is 2.55. The zero-order valence-electron chi connectivity index (χ0n) is 16.2. The van der Waals surface area contributed by atoms with E-state index in [1.807, 2.05) is 0 Å². The Balaban J connectivity index is 2.45. The van der Waals surface area contributed by atoms with Gasteiger partial charge in [0.1, 0.15) is 0 Å². The second kappa shape index (κ2) is 6.88. The molecule has 0 spiro atoms. The minimum Gasteiger partial charge on any atom is -0.0617 e. The van der Waals surface area contributed by atoms with E-state index in [-0.39, 0.29) is 0 Å². The van der Waals surface area contributed by atoms with E-state index in [2.05, 4.69) is 96.1 Å². The zero-order valence-corrected chi connectivity index (χ0v) is 16.2. The molecule has 0 aliphatic rings. The molecule has 127 valence electrons. The summed E-state index contributed by atoms with van der Waals surface area (Å²) in [4.78, 5) is 0. The van der Waals surface area contributed by atoms with Gasteiger partial charge in [-0.3, -0.25) is 0 Å². The minimum absolute atomic E-state index is 0.465. The highest BCUT2D eigenvalue weighted by Gasteiger charge is 2.19. The lowest BCUT2D eigenvalue weighted by molar-refractivity contribution is 0.869. The lowest BCUT2D eigenvalue weighted by Gasteiger charge is -2.22. The molecular weight excluding hydrogens is 300 g/mol. The number of aryl methyl sites for hydroxylation is 4. The molecule has 0 aliphatic heterocycles. The predicted molar refractivity (Wildman–Crippen MR) is 109 cm³/mol. The summed E-state index contributed by atoms with van der Waals surface area (Å²) >= 11 is 0. The Morgan fingerprint density at radius 1 is 0.640 bits per heavy atom. The maximum atomic E-state index is 3.58. The number of hydrogen-bond acceptors (Lipinski definition) is 0. The molecule has 0 amide bonds. The molecule has 0 nitrogen and oxygen atoms in total. The van der Waals surface area contributed by atoms with Crippen molar-refractivity contribution in [1.29, 1.82) is 0 Å². The first-order chi connectivity index (χ1) is 11.9. The van der Waals surface area contributed by atoms with E-state index in [1.165, 1.54) is 50.1 Å². The highest BCUT2D eigenvalue weighted by Crippen LogP contribution is 2.42. The van der Waals surface area contributed by atoms with E-state index in [9.17, 15) is 0 Å². The quantitative estimate of drug-likeness (QED) is 0.478. The first-order valence-corrected chi connectivity index (χ1v) is 9.09. The molecule has 3 aromatic carbocycles. The van der Waals surface area contributed by atoms with E-state index in [0.717, 1.165) is 0 Å². The van der Waals surface area contributed by atoms with Gasteiger partial charge in [-0.15, -0.1) is 0 Å². The van der Waals surface area contributed by atoms with Gasteiger partial charge in [0.2, 0.25) is 0 Å². The van der Waals surface area contributed by atoms with Crippen LogP contribution in [-0.2, 0) is 0 Å². The molecule has 0 heteroatoms. The van der Waals surface area contributed by atoms with Crippen molar-refractivity contribution in [2.75, 3.05) is 0 Å². The van der Waals surface area contributed by atoms with E-state index in [1.54, 1.807) is 0 Å². The summed E-state index contributed by atoms with van der Waals surface area (Å²) in [6, 6.07) is 21.0.